The zero-order valence-electron chi connectivity index (χ0n) is 13.6. The Balaban J connectivity index is 0.00000288. The van der Waals surface area contributed by atoms with Gasteiger partial charge in [-0.2, -0.15) is 0 Å². The van der Waals surface area contributed by atoms with E-state index in [-0.39, 0.29) is 42.9 Å². The van der Waals surface area contributed by atoms with E-state index in [2.05, 4.69) is 10.6 Å². The number of amides is 2. The molecule has 0 aliphatic carbocycles. The Bertz CT molecular complexity index is 592. The molecule has 1 aromatic carbocycles. The predicted molar refractivity (Wildman–Crippen MR) is 90.7 cm³/mol. The second-order valence-corrected chi connectivity index (χ2v) is 5.74. The molecule has 8 heteroatoms. The molecule has 0 saturated carbocycles. The highest BCUT2D eigenvalue weighted by molar-refractivity contribution is 5.94. The molecule has 134 valence electrons. The maximum Gasteiger partial charge on any atom is 0.251 e. The van der Waals surface area contributed by atoms with Gasteiger partial charge in [-0.3, -0.25) is 9.59 Å². The standard InChI is InChI=1S/C16H22FN3O3.ClH/c1-11-2-3-12(10-13(11)17)14(21)19-6-7-20-15(22)16(18)4-8-23-9-5-16;/h2-3,10H,4-9,18H2,1H3,(H,19,21)(H,20,22);1H. The first-order valence-corrected chi connectivity index (χ1v) is 7.62. The minimum absolute atomic E-state index is 0. The van der Waals surface area contributed by atoms with Crippen molar-refractivity contribution in [2.75, 3.05) is 26.3 Å². The maximum absolute atomic E-state index is 13.4. The van der Waals surface area contributed by atoms with Gasteiger partial charge in [-0.1, -0.05) is 6.07 Å². The second-order valence-electron chi connectivity index (χ2n) is 5.74. The van der Waals surface area contributed by atoms with Crippen LogP contribution in [0.1, 0.15) is 28.8 Å². The number of ether oxygens (including phenoxy) is 1. The number of benzene rings is 1. The number of carbonyl (C=O) groups is 2. The number of nitrogens with one attached hydrogen (secondary N) is 2. The topological polar surface area (TPSA) is 93.5 Å². The van der Waals surface area contributed by atoms with Gasteiger partial charge in [0.05, 0.1) is 5.54 Å². The molecule has 0 unspecified atom stereocenters. The summed E-state index contributed by atoms with van der Waals surface area (Å²) < 4.78 is 18.6. The monoisotopic (exact) mass is 359 g/mol. The summed E-state index contributed by atoms with van der Waals surface area (Å²) in [6.45, 7) is 3.08. The molecule has 1 saturated heterocycles. The van der Waals surface area contributed by atoms with E-state index in [9.17, 15) is 14.0 Å². The molecule has 0 atom stereocenters. The number of rotatable bonds is 5. The van der Waals surface area contributed by atoms with E-state index in [0.29, 0.717) is 31.6 Å². The van der Waals surface area contributed by atoms with Crippen molar-refractivity contribution in [1.82, 2.24) is 10.6 Å². The van der Waals surface area contributed by atoms with E-state index >= 15 is 0 Å². The first-order valence-electron chi connectivity index (χ1n) is 7.62. The first kappa shape index (κ1) is 20.3. The van der Waals surface area contributed by atoms with Crippen LogP contribution in [-0.4, -0.2) is 43.7 Å². The highest BCUT2D eigenvalue weighted by Gasteiger charge is 2.35. The predicted octanol–water partition coefficient (Wildman–Crippen LogP) is 0.910. The van der Waals surface area contributed by atoms with Gasteiger partial charge in [0.2, 0.25) is 5.91 Å². The van der Waals surface area contributed by atoms with Crippen molar-refractivity contribution >= 4 is 24.2 Å². The Hall–Kier alpha value is -1.70. The number of hydrogen-bond donors (Lipinski definition) is 3. The number of aryl methyl sites for hydroxylation is 1. The second kappa shape index (κ2) is 8.96. The molecule has 2 amide bonds. The Morgan fingerprint density at radius 3 is 2.50 bits per heavy atom. The Kier molecular flexibility index (Phi) is 7.59. The summed E-state index contributed by atoms with van der Waals surface area (Å²) in [6.07, 6.45) is 0.960. The summed E-state index contributed by atoms with van der Waals surface area (Å²) >= 11 is 0. The number of hydrogen-bond acceptors (Lipinski definition) is 4. The molecular formula is C16H23ClFN3O3. The van der Waals surface area contributed by atoms with Crippen molar-refractivity contribution < 1.29 is 18.7 Å². The number of halogens is 2. The highest BCUT2D eigenvalue weighted by atomic mass is 35.5. The molecular weight excluding hydrogens is 337 g/mol. The molecule has 2 rings (SSSR count). The van der Waals surface area contributed by atoms with Crippen molar-refractivity contribution in [2.45, 2.75) is 25.3 Å². The smallest absolute Gasteiger partial charge is 0.251 e. The van der Waals surface area contributed by atoms with Crippen LogP contribution in [0.3, 0.4) is 0 Å². The van der Waals surface area contributed by atoms with Crippen LogP contribution in [0.15, 0.2) is 18.2 Å². The van der Waals surface area contributed by atoms with E-state index in [1.165, 1.54) is 6.07 Å². The van der Waals surface area contributed by atoms with Crippen LogP contribution in [-0.2, 0) is 9.53 Å². The third kappa shape index (κ3) is 5.15. The highest BCUT2D eigenvalue weighted by Crippen LogP contribution is 2.17. The Morgan fingerprint density at radius 1 is 1.25 bits per heavy atom. The van der Waals surface area contributed by atoms with Gasteiger partial charge in [-0.15, -0.1) is 12.4 Å². The normalized spacial score (nSPS) is 16.0. The summed E-state index contributed by atoms with van der Waals surface area (Å²) in [4.78, 5) is 23.9. The van der Waals surface area contributed by atoms with Gasteiger partial charge in [0.15, 0.2) is 0 Å². The fourth-order valence-electron chi connectivity index (χ4n) is 2.33. The largest absolute Gasteiger partial charge is 0.381 e. The van der Waals surface area contributed by atoms with E-state index in [0.717, 1.165) is 0 Å². The summed E-state index contributed by atoms with van der Waals surface area (Å²) in [5.41, 5.74) is 5.88. The lowest BCUT2D eigenvalue weighted by Crippen LogP contribution is -2.57. The SMILES string of the molecule is Cc1ccc(C(=O)NCCNC(=O)C2(N)CCOCC2)cc1F.Cl. The van der Waals surface area contributed by atoms with Crippen molar-refractivity contribution in [3.8, 4) is 0 Å². The molecule has 0 radical (unpaired) electrons. The van der Waals surface area contributed by atoms with Crippen LogP contribution >= 0.6 is 12.4 Å². The average molecular weight is 360 g/mol. The lowest BCUT2D eigenvalue weighted by Gasteiger charge is -2.31. The molecule has 1 aromatic rings. The average Bonchev–Trinajstić information content (AvgIpc) is 2.54. The van der Waals surface area contributed by atoms with Gasteiger partial charge >= 0.3 is 0 Å². The fourth-order valence-corrected chi connectivity index (χ4v) is 2.33. The van der Waals surface area contributed by atoms with Gasteiger partial charge in [0.25, 0.3) is 5.91 Å². The van der Waals surface area contributed by atoms with E-state index in [4.69, 9.17) is 10.5 Å². The van der Waals surface area contributed by atoms with Gasteiger partial charge in [0.1, 0.15) is 5.82 Å². The molecule has 1 aliphatic heterocycles. The lowest BCUT2D eigenvalue weighted by molar-refractivity contribution is -0.129. The summed E-state index contributed by atoms with van der Waals surface area (Å²) in [6, 6.07) is 4.30. The van der Waals surface area contributed by atoms with E-state index in [1.807, 2.05) is 0 Å². The number of carbonyl (C=O) groups excluding carboxylic acids is 2. The first-order chi connectivity index (χ1) is 10.9. The third-order valence-corrected chi connectivity index (χ3v) is 3.97. The molecule has 24 heavy (non-hydrogen) atoms. The van der Waals surface area contributed by atoms with Crippen molar-refractivity contribution in [3.05, 3.63) is 35.1 Å². The molecule has 0 bridgehead atoms. The summed E-state index contributed by atoms with van der Waals surface area (Å²) in [5, 5.41) is 5.34. The molecule has 6 nitrogen and oxygen atoms in total. The molecule has 0 aromatic heterocycles. The quantitative estimate of drug-likeness (QED) is 0.681. The van der Waals surface area contributed by atoms with Gasteiger partial charge in [0, 0.05) is 31.9 Å². The molecule has 4 N–H and O–H groups in total. The molecule has 1 aliphatic rings. The minimum Gasteiger partial charge on any atom is -0.381 e. The van der Waals surface area contributed by atoms with Gasteiger partial charge < -0.3 is 21.1 Å². The van der Waals surface area contributed by atoms with Crippen molar-refractivity contribution in [3.63, 3.8) is 0 Å². The maximum atomic E-state index is 13.4. The molecule has 1 heterocycles. The van der Waals surface area contributed by atoms with Crippen LogP contribution in [0.5, 0.6) is 0 Å². The third-order valence-electron chi connectivity index (χ3n) is 3.97. The zero-order valence-corrected chi connectivity index (χ0v) is 14.4. The molecule has 0 spiro atoms. The van der Waals surface area contributed by atoms with Gasteiger partial charge in [-0.05, 0) is 37.5 Å². The Morgan fingerprint density at radius 2 is 1.88 bits per heavy atom. The Labute approximate surface area is 146 Å². The van der Waals surface area contributed by atoms with Crippen LogP contribution in [0.4, 0.5) is 4.39 Å². The molecule has 1 fully saturated rings. The van der Waals surface area contributed by atoms with Crippen LogP contribution in [0.2, 0.25) is 0 Å². The van der Waals surface area contributed by atoms with Crippen LogP contribution in [0, 0.1) is 12.7 Å². The summed E-state index contributed by atoms with van der Waals surface area (Å²) in [5.74, 6) is -1.04. The number of nitrogens with two attached hydrogens (primary N) is 1. The van der Waals surface area contributed by atoms with E-state index < -0.39 is 11.4 Å². The van der Waals surface area contributed by atoms with E-state index in [1.54, 1.807) is 19.1 Å². The minimum atomic E-state index is -0.900. The van der Waals surface area contributed by atoms with Gasteiger partial charge in [-0.25, -0.2) is 4.39 Å². The lowest BCUT2D eigenvalue weighted by atomic mass is 9.90. The van der Waals surface area contributed by atoms with Crippen molar-refractivity contribution in [1.29, 1.82) is 0 Å². The van der Waals surface area contributed by atoms with Crippen LogP contribution in [0.25, 0.3) is 0 Å². The van der Waals surface area contributed by atoms with Crippen molar-refractivity contribution in [2.24, 2.45) is 5.73 Å². The van der Waals surface area contributed by atoms with Crippen LogP contribution < -0.4 is 16.4 Å². The zero-order chi connectivity index (χ0) is 16.9. The summed E-state index contributed by atoms with van der Waals surface area (Å²) in [7, 11) is 0. The fraction of sp³-hybridized carbons (Fsp3) is 0.500.